The highest BCUT2D eigenvalue weighted by Crippen LogP contribution is 2.28. The quantitative estimate of drug-likeness (QED) is 0.415. The van der Waals surface area contributed by atoms with Gasteiger partial charge in [-0.15, -0.1) is 11.3 Å². The van der Waals surface area contributed by atoms with Crippen molar-refractivity contribution in [2.24, 2.45) is 0 Å². The molecule has 148 valence electrons. The summed E-state index contributed by atoms with van der Waals surface area (Å²) in [6.07, 6.45) is 0. The van der Waals surface area contributed by atoms with E-state index in [1.807, 2.05) is 37.4 Å². The third-order valence-corrected chi connectivity index (χ3v) is 5.60. The molecule has 0 radical (unpaired) electrons. The van der Waals surface area contributed by atoms with Gasteiger partial charge in [0.25, 0.3) is 5.91 Å². The fraction of sp³-hybridized carbons (Fsp3) is 0.0800. The summed E-state index contributed by atoms with van der Waals surface area (Å²) in [5, 5.41) is 5.33. The lowest BCUT2D eigenvalue weighted by atomic mass is 10.0. The summed E-state index contributed by atoms with van der Waals surface area (Å²) >= 11 is 1.39. The molecule has 1 aromatic heterocycles. The Bertz CT molecular complexity index is 1210. The van der Waals surface area contributed by atoms with Crippen LogP contribution in [0.3, 0.4) is 0 Å². The summed E-state index contributed by atoms with van der Waals surface area (Å²) in [5.41, 5.74) is 5.86. The normalized spacial score (nSPS) is 10.6. The molecule has 0 aliphatic carbocycles. The summed E-state index contributed by atoms with van der Waals surface area (Å²) in [5.74, 6) is -0.323. The van der Waals surface area contributed by atoms with Crippen molar-refractivity contribution < 1.29 is 9.59 Å². The number of rotatable bonds is 5. The molecule has 4 aromatic rings. The molecule has 0 spiro atoms. The molecular weight excluding hydrogens is 392 g/mol. The largest absolute Gasteiger partial charge is 0.298 e. The van der Waals surface area contributed by atoms with E-state index in [-0.39, 0.29) is 11.7 Å². The first-order valence-electron chi connectivity index (χ1n) is 9.55. The van der Waals surface area contributed by atoms with Crippen LogP contribution in [-0.2, 0) is 0 Å². The zero-order valence-corrected chi connectivity index (χ0v) is 17.5. The van der Waals surface area contributed by atoms with Crippen LogP contribution in [0.25, 0.3) is 11.3 Å². The van der Waals surface area contributed by atoms with Gasteiger partial charge in [0, 0.05) is 27.6 Å². The average Bonchev–Trinajstić information content (AvgIpc) is 3.24. The maximum absolute atomic E-state index is 12.6. The molecule has 1 amide bonds. The van der Waals surface area contributed by atoms with E-state index >= 15 is 0 Å². The highest BCUT2D eigenvalue weighted by atomic mass is 32.1. The van der Waals surface area contributed by atoms with Crippen molar-refractivity contribution in [3.05, 3.63) is 106 Å². The predicted molar refractivity (Wildman–Crippen MR) is 121 cm³/mol. The number of amides is 1. The fourth-order valence-electron chi connectivity index (χ4n) is 3.17. The summed E-state index contributed by atoms with van der Waals surface area (Å²) in [7, 11) is 0. The first-order valence-corrected chi connectivity index (χ1v) is 10.4. The second-order valence-electron chi connectivity index (χ2n) is 7.08. The van der Waals surface area contributed by atoms with Crippen molar-refractivity contribution in [3.8, 4) is 11.3 Å². The van der Waals surface area contributed by atoms with Crippen molar-refractivity contribution >= 4 is 28.2 Å². The number of nitrogens with zero attached hydrogens (tertiary/aromatic N) is 1. The van der Waals surface area contributed by atoms with Gasteiger partial charge >= 0.3 is 0 Å². The van der Waals surface area contributed by atoms with Crippen molar-refractivity contribution in [1.29, 1.82) is 0 Å². The summed E-state index contributed by atoms with van der Waals surface area (Å²) in [6.45, 7) is 4.09. The molecule has 4 nitrogen and oxygen atoms in total. The van der Waals surface area contributed by atoms with E-state index in [1.165, 1.54) is 16.9 Å². The summed E-state index contributed by atoms with van der Waals surface area (Å²) in [6, 6.07) is 22.0. The lowest BCUT2D eigenvalue weighted by Crippen LogP contribution is -2.12. The predicted octanol–water partition coefficient (Wildman–Crippen LogP) is 5.91. The van der Waals surface area contributed by atoms with Gasteiger partial charge in [-0.05, 0) is 37.6 Å². The summed E-state index contributed by atoms with van der Waals surface area (Å²) < 4.78 is 0. The van der Waals surface area contributed by atoms with Gasteiger partial charge in [0.2, 0.25) is 0 Å². The van der Waals surface area contributed by atoms with Gasteiger partial charge in [-0.25, -0.2) is 4.98 Å². The Morgan fingerprint density at radius 3 is 2.23 bits per heavy atom. The molecule has 4 rings (SSSR count). The van der Waals surface area contributed by atoms with Crippen LogP contribution >= 0.6 is 11.3 Å². The second-order valence-corrected chi connectivity index (χ2v) is 7.94. The van der Waals surface area contributed by atoms with Crippen LogP contribution in [0.1, 0.15) is 37.4 Å². The number of hydrogen-bond acceptors (Lipinski definition) is 4. The van der Waals surface area contributed by atoms with Gasteiger partial charge in [0.1, 0.15) is 0 Å². The van der Waals surface area contributed by atoms with E-state index in [1.54, 1.807) is 36.4 Å². The molecule has 0 aliphatic heterocycles. The topological polar surface area (TPSA) is 59.1 Å². The molecular formula is C25H20N2O2S. The minimum atomic E-state index is -0.254. The minimum Gasteiger partial charge on any atom is -0.298 e. The number of benzene rings is 3. The number of nitrogens with one attached hydrogen (secondary N) is 1. The highest BCUT2D eigenvalue weighted by molar-refractivity contribution is 7.14. The number of hydrogen-bond donors (Lipinski definition) is 1. The number of carbonyl (C=O) groups is 2. The van der Waals surface area contributed by atoms with E-state index < -0.39 is 0 Å². The second kappa shape index (κ2) is 8.43. The highest BCUT2D eigenvalue weighted by Gasteiger charge is 2.13. The van der Waals surface area contributed by atoms with Crippen LogP contribution in [0.2, 0.25) is 0 Å². The Morgan fingerprint density at radius 2 is 1.50 bits per heavy atom. The number of aromatic nitrogens is 1. The Labute approximate surface area is 179 Å². The molecule has 0 unspecified atom stereocenters. The molecule has 0 saturated carbocycles. The van der Waals surface area contributed by atoms with Crippen LogP contribution < -0.4 is 5.32 Å². The number of ketones is 1. The number of carbonyl (C=O) groups excluding carboxylic acids is 2. The number of anilines is 1. The number of thiazole rings is 1. The standard InChI is InChI=1S/C25H20N2O2S/c1-16-8-9-17(2)21(14-16)22-15-30-25(26-22)27-24(29)20-12-10-19(11-13-20)23(28)18-6-4-3-5-7-18/h3-15H,1-2H3,(H,26,27,29). The Balaban J connectivity index is 1.48. The minimum absolute atomic E-state index is 0.0688. The number of aryl methyl sites for hydroxylation is 2. The molecule has 1 N–H and O–H groups in total. The molecule has 3 aromatic carbocycles. The van der Waals surface area contributed by atoms with Crippen LogP contribution in [0, 0.1) is 13.8 Å². The van der Waals surface area contributed by atoms with Crippen LogP contribution in [-0.4, -0.2) is 16.7 Å². The third kappa shape index (κ3) is 4.21. The smallest absolute Gasteiger partial charge is 0.257 e. The monoisotopic (exact) mass is 412 g/mol. The van der Waals surface area contributed by atoms with E-state index in [0.29, 0.717) is 21.8 Å². The van der Waals surface area contributed by atoms with Crippen molar-refractivity contribution in [1.82, 2.24) is 4.98 Å². The lowest BCUT2D eigenvalue weighted by molar-refractivity contribution is 0.102. The van der Waals surface area contributed by atoms with E-state index in [9.17, 15) is 9.59 Å². The van der Waals surface area contributed by atoms with Crippen LogP contribution in [0.5, 0.6) is 0 Å². The first-order chi connectivity index (χ1) is 14.5. The molecule has 1 heterocycles. The fourth-order valence-corrected chi connectivity index (χ4v) is 3.87. The van der Waals surface area contributed by atoms with Crippen LogP contribution in [0.4, 0.5) is 5.13 Å². The molecule has 5 heteroatoms. The molecule has 0 fully saturated rings. The van der Waals surface area contributed by atoms with Crippen molar-refractivity contribution in [2.45, 2.75) is 13.8 Å². The average molecular weight is 413 g/mol. The van der Waals surface area contributed by atoms with Crippen molar-refractivity contribution in [3.63, 3.8) is 0 Å². The van der Waals surface area contributed by atoms with Gasteiger partial charge in [0.05, 0.1) is 5.69 Å². The SMILES string of the molecule is Cc1ccc(C)c(-c2csc(NC(=O)c3ccc(C(=O)c4ccccc4)cc3)n2)c1. The zero-order valence-electron chi connectivity index (χ0n) is 16.7. The van der Waals surface area contributed by atoms with Gasteiger partial charge in [-0.1, -0.05) is 60.2 Å². The van der Waals surface area contributed by atoms with Gasteiger partial charge in [-0.2, -0.15) is 0 Å². The van der Waals surface area contributed by atoms with Gasteiger partial charge in [0.15, 0.2) is 10.9 Å². The zero-order chi connectivity index (χ0) is 21.1. The Kier molecular flexibility index (Phi) is 5.55. The molecule has 0 aliphatic rings. The van der Waals surface area contributed by atoms with Crippen molar-refractivity contribution in [2.75, 3.05) is 5.32 Å². The van der Waals surface area contributed by atoms with Crippen LogP contribution in [0.15, 0.2) is 78.2 Å². The van der Waals surface area contributed by atoms with Gasteiger partial charge < -0.3 is 0 Å². The molecule has 0 saturated heterocycles. The molecule has 0 bridgehead atoms. The lowest BCUT2D eigenvalue weighted by Gasteiger charge is -2.05. The molecule has 0 atom stereocenters. The molecule has 30 heavy (non-hydrogen) atoms. The van der Waals surface area contributed by atoms with E-state index in [2.05, 4.69) is 28.5 Å². The third-order valence-electron chi connectivity index (χ3n) is 4.84. The van der Waals surface area contributed by atoms with Gasteiger partial charge in [-0.3, -0.25) is 14.9 Å². The Morgan fingerprint density at radius 1 is 0.833 bits per heavy atom. The first kappa shape index (κ1) is 19.7. The van der Waals surface area contributed by atoms with E-state index in [0.717, 1.165) is 16.8 Å². The Hall–Kier alpha value is -3.57. The summed E-state index contributed by atoms with van der Waals surface area (Å²) in [4.78, 5) is 29.7. The maximum Gasteiger partial charge on any atom is 0.257 e. The van der Waals surface area contributed by atoms with E-state index in [4.69, 9.17) is 0 Å². The maximum atomic E-state index is 12.6.